The molecule has 0 atom stereocenters. The molecule has 0 aliphatic carbocycles. The molecule has 1 heterocycles. The van der Waals surface area contributed by atoms with E-state index in [9.17, 15) is 0 Å². The van der Waals surface area contributed by atoms with Crippen LogP contribution in [0.1, 0.15) is 29.4 Å². The minimum absolute atomic E-state index is 0.598. The van der Waals surface area contributed by atoms with Crippen LogP contribution in [-0.4, -0.2) is 29.4 Å². The molecule has 29 heavy (non-hydrogen) atoms. The van der Waals surface area contributed by atoms with Crippen molar-refractivity contribution in [2.45, 2.75) is 33.9 Å². The van der Waals surface area contributed by atoms with E-state index in [2.05, 4.69) is 36.6 Å². The first kappa shape index (κ1) is 20.5. The van der Waals surface area contributed by atoms with Crippen molar-refractivity contribution in [2.75, 3.05) is 13.7 Å². The molecule has 152 valence electrons. The number of hydrogen-bond acceptors (Lipinski definition) is 3. The average Bonchev–Trinajstić information content (AvgIpc) is 3.04. The van der Waals surface area contributed by atoms with Crippen LogP contribution in [-0.2, 0) is 13.1 Å². The summed E-state index contributed by atoms with van der Waals surface area (Å²) in [7, 11) is 1.67. The van der Waals surface area contributed by atoms with Crippen molar-refractivity contribution in [2.24, 2.45) is 4.99 Å². The molecule has 6 nitrogen and oxygen atoms in total. The summed E-state index contributed by atoms with van der Waals surface area (Å²) >= 11 is 0. The number of aliphatic imine (C=N–C) groups is 1. The van der Waals surface area contributed by atoms with Gasteiger partial charge in [-0.2, -0.15) is 5.10 Å². The lowest BCUT2D eigenvalue weighted by atomic mass is 10.2. The van der Waals surface area contributed by atoms with E-state index < -0.39 is 0 Å². The zero-order valence-electron chi connectivity index (χ0n) is 17.6. The molecule has 3 rings (SSSR count). The number of ether oxygens (including phenoxy) is 1. The molecule has 0 aliphatic rings. The van der Waals surface area contributed by atoms with Crippen LogP contribution in [0.15, 0.2) is 59.6 Å². The number of aryl methyl sites for hydroxylation is 1. The molecule has 0 spiro atoms. The molecule has 0 bridgehead atoms. The van der Waals surface area contributed by atoms with E-state index in [1.165, 1.54) is 5.56 Å². The third-order valence-electron chi connectivity index (χ3n) is 4.80. The fourth-order valence-electron chi connectivity index (χ4n) is 3.17. The third-order valence-corrected chi connectivity index (χ3v) is 4.80. The van der Waals surface area contributed by atoms with E-state index in [4.69, 9.17) is 14.8 Å². The van der Waals surface area contributed by atoms with Crippen LogP contribution in [0.5, 0.6) is 5.75 Å². The Hall–Kier alpha value is -3.28. The Morgan fingerprint density at radius 3 is 2.41 bits per heavy atom. The summed E-state index contributed by atoms with van der Waals surface area (Å²) in [5.74, 6) is 1.64. The Morgan fingerprint density at radius 2 is 1.76 bits per heavy atom. The van der Waals surface area contributed by atoms with Crippen LogP contribution in [0.4, 0.5) is 0 Å². The van der Waals surface area contributed by atoms with Crippen LogP contribution in [0.2, 0.25) is 0 Å². The summed E-state index contributed by atoms with van der Waals surface area (Å²) in [6.45, 7) is 8.28. The molecule has 0 amide bonds. The van der Waals surface area contributed by atoms with Gasteiger partial charge in [-0.15, -0.1) is 0 Å². The predicted octanol–water partition coefficient (Wildman–Crippen LogP) is 3.75. The lowest BCUT2D eigenvalue weighted by molar-refractivity contribution is 0.414. The SMILES string of the molecule is CCNC(=NCc1ccc(OC)cc1)NCc1c(C)nn(-c2ccccc2)c1C. The van der Waals surface area contributed by atoms with Gasteiger partial charge >= 0.3 is 0 Å². The number of para-hydroxylation sites is 1. The van der Waals surface area contributed by atoms with Gasteiger partial charge in [-0.05, 0) is 50.6 Å². The average molecular weight is 392 g/mol. The highest BCUT2D eigenvalue weighted by Crippen LogP contribution is 2.17. The summed E-state index contributed by atoms with van der Waals surface area (Å²) in [6.07, 6.45) is 0. The number of nitrogens with zero attached hydrogens (tertiary/aromatic N) is 3. The van der Waals surface area contributed by atoms with Gasteiger partial charge in [0.05, 0.1) is 25.0 Å². The number of aromatic nitrogens is 2. The van der Waals surface area contributed by atoms with Gasteiger partial charge in [0.15, 0.2) is 5.96 Å². The Kier molecular flexibility index (Phi) is 6.89. The standard InChI is InChI=1S/C23H29N5O/c1-5-24-23(25-15-19-11-13-21(29-4)14-12-19)26-16-22-17(2)27-28(18(22)3)20-9-7-6-8-10-20/h6-14H,5,15-16H2,1-4H3,(H2,24,25,26). The van der Waals surface area contributed by atoms with E-state index >= 15 is 0 Å². The zero-order valence-corrected chi connectivity index (χ0v) is 17.6. The maximum absolute atomic E-state index is 5.21. The van der Waals surface area contributed by atoms with Gasteiger partial charge in [-0.1, -0.05) is 30.3 Å². The monoisotopic (exact) mass is 391 g/mol. The van der Waals surface area contributed by atoms with Crippen molar-refractivity contribution in [3.8, 4) is 11.4 Å². The lowest BCUT2D eigenvalue weighted by Gasteiger charge is -2.12. The molecule has 0 saturated heterocycles. The second-order valence-corrected chi connectivity index (χ2v) is 6.79. The van der Waals surface area contributed by atoms with E-state index in [0.717, 1.165) is 40.9 Å². The smallest absolute Gasteiger partial charge is 0.191 e. The van der Waals surface area contributed by atoms with E-state index in [1.54, 1.807) is 7.11 Å². The first-order chi connectivity index (χ1) is 14.1. The number of guanidine groups is 1. The first-order valence-electron chi connectivity index (χ1n) is 9.88. The second kappa shape index (κ2) is 9.78. The highest BCUT2D eigenvalue weighted by Gasteiger charge is 2.13. The Morgan fingerprint density at radius 1 is 1.03 bits per heavy atom. The Bertz CT molecular complexity index is 945. The largest absolute Gasteiger partial charge is 0.497 e. The number of methoxy groups -OCH3 is 1. The van der Waals surface area contributed by atoms with Crippen molar-refractivity contribution in [1.29, 1.82) is 0 Å². The summed E-state index contributed by atoms with van der Waals surface area (Å²) in [4.78, 5) is 4.70. The third kappa shape index (κ3) is 5.16. The summed E-state index contributed by atoms with van der Waals surface area (Å²) in [6, 6.07) is 18.2. The quantitative estimate of drug-likeness (QED) is 0.476. The molecular formula is C23H29N5O. The highest BCUT2D eigenvalue weighted by atomic mass is 16.5. The van der Waals surface area contributed by atoms with Gasteiger partial charge in [-0.3, -0.25) is 0 Å². The maximum Gasteiger partial charge on any atom is 0.191 e. The zero-order chi connectivity index (χ0) is 20.6. The molecule has 0 unspecified atom stereocenters. The summed E-state index contributed by atoms with van der Waals surface area (Å²) in [5, 5.41) is 11.5. The van der Waals surface area contributed by atoms with Crippen molar-refractivity contribution in [1.82, 2.24) is 20.4 Å². The molecular weight excluding hydrogens is 362 g/mol. The molecule has 2 N–H and O–H groups in total. The fraction of sp³-hybridized carbons (Fsp3) is 0.304. The van der Waals surface area contributed by atoms with Gasteiger partial charge in [-0.25, -0.2) is 9.67 Å². The van der Waals surface area contributed by atoms with Gasteiger partial charge in [0, 0.05) is 24.3 Å². The molecule has 2 aromatic carbocycles. The van der Waals surface area contributed by atoms with Crippen LogP contribution < -0.4 is 15.4 Å². The predicted molar refractivity (Wildman–Crippen MR) is 118 cm³/mol. The number of benzene rings is 2. The fourth-order valence-corrected chi connectivity index (χ4v) is 3.17. The van der Waals surface area contributed by atoms with Gasteiger partial charge in [0.25, 0.3) is 0 Å². The molecule has 0 radical (unpaired) electrons. The number of nitrogens with one attached hydrogen (secondary N) is 2. The molecule has 1 aromatic heterocycles. The minimum Gasteiger partial charge on any atom is -0.497 e. The Balaban J connectivity index is 1.71. The molecule has 0 fully saturated rings. The van der Waals surface area contributed by atoms with E-state index in [0.29, 0.717) is 13.1 Å². The van der Waals surface area contributed by atoms with Crippen LogP contribution in [0.3, 0.4) is 0 Å². The van der Waals surface area contributed by atoms with Crippen molar-refractivity contribution in [3.05, 3.63) is 77.1 Å². The van der Waals surface area contributed by atoms with Crippen molar-refractivity contribution < 1.29 is 4.74 Å². The second-order valence-electron chi connectivity index (χ2n) is 6.79. The molecule has 0 aliphatic heterocycles. The normalized spacial score (nSPS) is 11.4. The van der Waals surface area contributed by atoms with Crippen LogP contribution in [0, 0.1) is 13.8 Å². The summed E-state index contributed by atoms with van der Waals surface area (Å²) in [5.41, 5.74) is 5.53. The van der Waals surface area contributed by atoms with E-state index in [-0.39, 0.29) is 0 Å². The number of hydrogen-bond donors (Lipinski definition) is 2. The molecule has 0 saturated carbocycles. The maximum atomic E-state index is 5.21. The minimum atomic E-state index is 0.598. The summed E-state index contributed by atoms with van der Waals surface area (Å²) < 4.78 is 7.20. The lowest BCUT2D eigenvalue weighted by Crippen LogP contribution is -2.37. The van der Waals surface area contributed by atoms with Gasteiger partial charge in [0.1, 0.15) is 5.75 Å². The van der Waals surface area contributed by atoms with Crippen LogP contribution in [0.25, 0.3) is 5.69 Å². The van der Waals surface area contributed by atoms with E-state index in [1.807, 2.05) is 54.1 Å². The highest BCUT2D eigenvalue weighted by molar-refractivity contribution is 5.79. The first-order valence-corrected chi connectivity index (χ1v) is 9.88. The Labute approximate surface area is 172 Å². The molecule has 6 heteroatoms. The number of rotatable bonds is 7. The topological polar surface area (TPSA) is 63.5 Å². The van der Waals surface area contributed by atoms with Crippen molar-refractivity contribution in [3.63, 3.8) is 0 Å². The van der Waals surface area contributed by atoms with Crippen molar-refractivity contribution >= 4 is 5.96 Å². The molecule has 3 aromatic rings. The van der Waals surface area contributed by atoms with Crippen LogP contribution >= 0.6 is 0 Å². The van der Waals surface area contributed by atoms with Gasteiger partial charge in [0.2, 0.25) is 0 Å². The van der Waals surface area contributed by atoms with Gasteiger partial charge < -0.3 is 15.4 Å².